The number of ether oxygens (including phenoxy) is 2. The zero-order valence-corrected chi connectivity index (χ0v) is 18.3. The predicted octanol–water partition coefficient (Wildman–Crippen LogP) is 5.60. The molecule has 29 heavy (non-hydrogen) atoms. The van der Waals surface area contributed by atoms with Gasteiger partial charge in [-0.1, -0.05) is 20.3 Å². The first-order valence-electron chi connectivity index (χ1n) is 10.6. The van der Waals surface area contributed by atoms with Gasteiger partial charge in [-0.15, -0.1) is 11.3 Å². The van der Waals surface area contributed by atoms with Crippen molar-refractivity contribution in [2.24, 2.45) is 0 Å². The fourth-order valence-electron chi connectivity index (χ4n) is 4.01. The third kappa shape index (κ3) is 4.23. The molecule has 0 bridgehead atoms. The van der Waals surface area contributed by atoms with E-state index >= 15 is 0 Å². The number of rotatable bonds is 7. The summed E-state index contributed by atoms with van der Waals surface area (Å²) < 4.78 is 11.9. The molecule has 0 saturated heterocycles. The quantitative estimate of drug-likeness (QED) is 0.473. The van der Waals surface area contributed by atoms with E-state index in [1.165, 1.54) is 29.7 Å². The van der Waals surface area contributed by atoms with Crippen molar-refractivity contribution in [1.82, 2.24) is 14.9 Å². The van der Waals surface area contributed by atoms with Crippen LogP contribution in [0.4, 0.5) is 0 Å². The molecular formula is C23H29N3O2S. The molecule has 2 heterocycles. The molecule has 0 N–H and O–H groups in total. The van der Waals surface area contributed by atoms with Crippen molar-refractivity contribution in [2.75, 3.05) is 20.2 Å². The fraction of sp³-hybridized carbons (Fsp3) is 0.478. The molecule has 0 radical (unpaired) electrons. The molecule has 0 amide bonds. The number of aromatic nitrogens is 2. The first kappa shape index (κ1) is 20.1. The number of hydrogen-bond donors (Lipinski definition) is 0. The van der Waals surface area contributed by atoms with Gasteiger partial charge in [0.1, 0.15) is 22.7 Å². The van der Waals surface area contributed by atoms with Gasteiger partial charge >= 0.3 is 0 Å². The summed E-state index contributed by atoms with van der Waals surface area (Å²) in [7, 11) is 1.70. The Morgan fingerprint density at radius 2 is 1.90 bits per heavy atom. The van der Waals surface area contributed by atoms with Gasteiger partial charge in [-0.2, -0.15) is 0 Å². The van der Waals surface area contributed by atoms with E-state index in [2.05, 4.69) is 34.8 Å². The lowest BCUT2D eigenvalue weighted by Gasteiger charge is -2.20. The van der Waals surface area contributed by atoms with Gasteiger partial charge in [-0.05, 0) is 62.5 Å². The minimum Gasteiger partial charge on any atom is -0.497 e. The number of nitrogens with zero attached hydrogens (tertiary/aromatic N) is 3. The Balaban J connectivity index is 1.74. The topological polar surface area (TPSA) is 47.5 Å². The lowest BCUT2D eigenvalue weighted by molar-refractivity contribution is 0.290. The van der Waals surface area contributed by atoms with Crippen LogP contribution in [0, 0.1) is 0 Å². The molecule has 0 atom stereocenters. The molecule has 1 aliphatic rings. The van der Waals surface area contributed by atoms with Crippen LogP contribution in [-0.4, -0.2) is 35.1 Å². The van der Waals surface area contributed by atoms with E-state index in [1.807, 2.05) is 12.1 Å². The van der Waals surface area contributed by atoms with Crippen LogP contribution in [0.3, 0.4) is 0 Å². The summed E-state index contributed by atoms with van der Waals surface area (Å²) >= 11 is 1.81. The minimum absolute atomic E-state index is 0.681. The van der Waals surface area contributed by atoms with Crippen LogP contribution in [0.15, 0.2) is 24.5 Å². The van der Waals surface area contributed by atoms with Crippen molar-refractivity contribution in [1.29, 1.82) is 0 Å². The zero-order chi connectivity index (χ0) is 20.2. The lowest BCUT2D eigenvalue weighted by atomic mass is 10.1. The van der Waals surface area contributed by atoms with Gasteiger partial charge in [0.25, 0.3) is 0 Å². The maximum Gasteiger partial charge on any atom is 0.231 e. The van der Waals surface area contributed by atoms with E-state index in [0.717, 1.165) is 59.8 Å². The highest BCUT2D eigenvalue weighted by Crippen LogP contribution is 2.40. The molecule has 2 aromatic heterocycles. The van der Waals surface area contributed by atoms with Crippen LogP contribution in [0.2, 0.25) is 0 Å². The summed E-state index contributed by atoms with van der Waals surface area (Å²) in [5, 5.41) is 1.11. The van der Waals surface area contributed by atoms with Crippen molar-refractivity contribution >= 4 is 21.6 Å². The third-order valence-electron chi connectivity index (χ3n) is 5.73. The predicted molar refractivity (Wildman–Crippen MR) is 118 cm³/mol. The molecule has 1 aromatic carbocycles. The van der Waals surface area contributed by atoms with Crippen molar-refractivity contribution in [3.63, 3.8) is 0 Å². The van der Waals surface area contributed by atoms with E-state index in [9.17, 15) is 0 Å². The molecule has 154 valence electrons. The molecule has 3 aromatic rings. The van der Waals surface area contributed by atoms with Crippen molar-refractivity contribution in [3.05, 3.63) is 40.5 Å². The molecule has 0 saturated carbocycles. The molecule has 4 rings (SSSR count). The van der Waals surface area contributed by atoms with Crippen LogP contribution >= 0.6 is 11.3 Å². The van der Waals surface area contributed by atoms with E-state index in [-0.39, 0.29) is 0 Å². The maximum absolute atomic E-state index is 6.45. The molecule has 0 unspecified atom stereocenters. The summed E-state index contributed by atoms with van der Waals surface area (Å²) in [6.07, 6.45) is 7.64. The number of fused-ring (bicyclic) bond motifs is 3. The second kappa shape index (κ2) is 9.09. The second-order valence-electron chi connectivity index (χ2n) is 7.46. The molecule has 0 fully saturated rings. The zero-order valence-electron chi connectivity index (χ0n) is 17.5. The fourth-order valence-corrected chi connectivity index (χ4v) is 5.23. The Morgan fingerprint density at radius 3 is 2.69 bits per heavy atom. The van der Waals surface area contributed by atoms with Crippen LogP contribution in [0.25, 0.3) is 10.2 Å². The van der Waals surface area contributed by atoms with Crippen LogP contribution < -0.4 is 9.47 Å². The maximum atomic E-state index is 6.45. The normalized spacial score (nSPS) is 14.1. The van der Waals surface area contributed by atoms with E-state index < -0.39 is 0 Å². The summed E-state index contributed by atoms with van der Waals surface area (Å²) in [6, 6.07) is 6.02. The summed E-state index contributed by atoms with van der Waals surface area (Å²) in [5.41, 5.74) is 2.51. The van der Waals surface area contributed by atoms with E-state index in [4.69, 9.17) is 9.47 Å². The van der Waals surface area contributed by atoms with Crippen LogP contribution in [-0.2, 0) is 19.4 Å². The molecule has 0 spiro atoms. The molecule has 6 heteroatoms. The minimum atomic E-state index is 0.681. The molecule has 1 aliphatic carbocycles. The van der Waals surface area contributed by atoms with Gasteiger partial charge in [0.2, 0.25) is 5.88 Å². The van der Waals surface area contributed by atoms with Gasteiger partial charge in [0.15, 0.2) is 0 Å². The van der Waals surface area contributed by atoms with Crippen LogP contribution in [0.5, 0.6) is 17.4 Å². The van der Waals surface area contributed by atoms with Crippen LogP contribution in [0.1, 0.15) is 49.1 Å². The lowest BCUT2D eigenvalue weighted by Crippen LogP contribution is -2.22. The average Bonchev–Trinajstić information content (AvgIpc) is 2.95. The van der Waals surface area contributed by atoms with Gasteiger partial charge in [0.05, 0.1) is 12.5 Å². The first-order valence-corrected chi connectivity index (χ1v) is 11.4. The second-order valence-corrected chi connectivity index (χ2v) is 8.54. The number of benzene rings is 1. The van der Waals surface area contributed by atoms with E-state index in [1.54, 1.807) is 24.8 Å². The molecular weight excluding hydrogens is 382 g/mol. The first-order chi connectivity index (χ1) is 14.2. The van der Waals surface area contributed by atoms with Gasteiger partial charge in [-0.3, -0.25) is 4.90 Å². The highest BCUT2D eigenvalue weighted by atomic mass is 32.1. The highest BCUT2D eigenvalue weighted by Gasteiger charge is 2.21. The van der Waals surface area contributed by atoms with Crippen molar-refractivity contribution in [2.45, 2.75) is 52.5 Å². The Bertz CT molecular complexity index is 982. The number of methoxy groups -OCH3 is 1. The average molecular weight is 412 g/mol. The summed E-state index contributed by atoms with van der Waals surface area (Å²) in [5.74, 6) is 2.36. The largest absolute Gasteiger partial charge is 0.497 e. The van der Waals surface area contributed by atoms with E-state index in [0.29, 0.717) is 5.88 Å². The SMILES string of the molecule is CCN(CC)Cc1cc(OC)ccc1Oc1ncnc2sc3c(c12)CCCCC3. The van der Waals surface area contributed by atoms with Gasteiger partial charge in [0, 0.05) is 17.0 Å². The number of hydrogen-bond acceptors (Lipinski definition) is 6. The number of thiophene rings is 1. The molecule has 0 aliphatic heterocycles. The third-order valence-corrected chi connectivity index (χ3v) is 6.93. The summed E-state index contributed by atoms with van der Waals surface area (Å²) in [6.45, 7) is 7.15. The molecule has 5 nitrogen and oxygen atoms in total. The smallest absolute Gasteiger partial charge is 0.231 e. The van der Waals surface area contributed by atoms with Crippen molar-refractivity contribution in [3.8, 4) is 17.4 Å². The summed E-state index contributed by atoms with van der Waals surface area (Å²) in [4.78, 5) is 14.0. The number of aryl methyl sites for hydroxylation is 2. The standard InChI is InChI=1S/C23H29N3O2S/c1-4-26(5-2)14-16-13-17(27-3)11-12-19(16)28-22-21-18-9-7-6-8-10-20(18)29-23(21)25-15-24-22/h11-13,15H,4-10,14H2,1-3H3. The Labute approximate surface area is 176 Å². The Morgan fingerprint density at radius 1 is 1.07 bits per heavy atom. The monoisotopic (exact) mass is 411 g/mol. The van der Waals surface area contributed by atoms with Crippen molar-refractivity contribution < 1.29 is 9.47 Å². The Kier molecular flexibility index (Phi) is 6.31. The van der Waals surface area contributed by atoms with Gasteiger partial charge in [-0.25, -0.2) is 9.97 Å². The highest BCUT2D eigenvalue weighted by molar-refractivity contribution is 7.18. The van der Waals surface area contributed by atoms with Gasteiger partial charge < -0.3 is 9.47 Å². The Hall–Kier alpha value is -2.18.